The number of nitrogens with two attached hydrogens (primary N) is 1. The average Bonchev–Trinajstić information content (AvgIpc) is 2.79. The maximum absolute atomic E-state index is 5.75. The molecule has 3 nitrogen and oxygen atoms in total. The van der Waals surface area contributed by atoms with Crippen molar-refractivity contribution in [2.75, 3.05) is 20.1 Å². The first-order valence-corrected chi connectivity index (χ1v) is 6.58. The van der Waals surface area contributed by atoms with Gasteiger partial charge in [-0.15, -0.1) is 0 Å². The summed E-state index contributed by atoms with van der Waals surface area (Å²) in [5.41, 5.74) is 7.96. The topological polar surface area (TPSA) is 42.4 Å². The Morgan fingerprint density at radius 1 is 1.33 bits per heavy atom. The molecule has 0 aliphatic rings. The van der Waals surface area contributed by atoms with Gasteiger partial charge in [-0.05, 0) is 25.6 Å². The average molecular weight is 246 g/mol. The molecule has 0 saturated carbocycles. The van der Waals surface area contributed by atoms with Gasteiger partial charge in [0.05, 0.1) is 6.26 Å². The monoisotopic (exact) mass is 246 g/mol. The lowest BCUT2D eigenvalue weighted by Crippen LogP contribution is -2.29. The maximum atomic E-state index is 5.75. The van der Waals surface area contributed by atoms with Crippen LogP contribution < -0.4 is 5.73 Å². The molecule has 2 N–H and O–H groups in total. The van der Waals surface area contributed by atoms with E-state index in [2.05, 4.69) is 31.0 Å². The van der Waals surface area contributed by atoms with Crippen LogP contribution in [0.1, 0.15) is 18.9 Å². The van der Waals surface area contributed by atoms with Crippen molar-refractivity contribution < 1.29 is 4.42 Å². The second-order valence-electron chi connectivity index (χ2n) is 4.96. The van der Waals surface area contributed by atoms with Crippen molar-refractivity contribution in [1.29, 1.82) is 0 Å². The second kappa shape index (κ2) is 6.03. The van der Waals surface area contributed by atoms with E-state index >= 15 is 0 Å². The van der Waals surface area contributed by atoms with Gasteiger partial charge in [-0.25, -0.2) is 0 Å². The third-order valence-electron chi connectivity index (χ3n) is 3.48. The molecule has 0 bridgehead atoms. The predicted octanol–water partition coefficient (Wildman–Crippen LogP) is 2.85. The maximum Gasteiger partial charge on any atom is 0.134 e. The van der Waals surface area contributed by atoms with E-state index in [1.54, 1.807) is 0 Å². The van der Waals surface area contributed by atoms with Crippen molar-refractivity contribution in [2.24, 2.45) is 11.7 Å². The van der Waals surface area contributed by atoms with E-state index in [-0.39, 0.29) is 0 Å². The smallest absolute Gasteiger partial charge is 0.134 e. The van der Waals surface area contributed by atoms with E-state index < -0.39 is 0 Å². The van der Waals surface area contributed by atoms with Gasteiger partial charge in [-0.1, -0.05) is 31.5 Å². The number of benzene rings is 1. The number of nitrogens with zero attached hydrogens (tertiary/aromatic N) is 1. The molecule has 0 fully saturated rings. The first-order valence-electron chi connectivity index (χ1n) is 6.58. The summed E-state index contributed by atoms with van der Waals surface area (Å²) < 4.78 is 5.56. The van der Waals surface area contributed by atoms with Gasteiger partial charge in [0, 0.05) is 24.0 Å². The predicted molar refractivity (Wildman–Crippen MR) is 75.4 cm³/mol. The summed E-state index contributed by atoms with van der Waals surface area (Å²) in [5.74, 6) is 0.577. The van der Waals surface area contributed by atoms with E-state index in [4.69, 9.17) is 10.2 Å². The Bertz CT molecular complexity index is 488. The van der Waals surface area contributed by atoms with Crippen molar-refractivity contribution in [2.45, 2.75) is 19.9 Å². The molecule has 0 saturated heterocycles. The van der Waals surface area contributed by atoms with Crippen LogP contribution in [0.4, 0.5) is 0 Å². The number of hydrogen-bond donors (Lipinski definition) is 1. The van der Waals surface area contributed by atoms with Crippen LogP contribution in [-0.2, 0) is 6.54 Å². The summed E-state index contributed by atoms with van der Waals surface area (Å²) in [6.45, 7) is 4.89. The lowest BCUT2D eigenvalue weighted by Gasteiger charge is -2.21. The van der Waals surface area contributed by atoms with Crippen LogP contribution in [0.25, 0.3) is 11.0 Å². The Kier molecular flexibility index (Phi) is 4.39. The highest BCUT2D eigenvalue weighted by Gasteiger charge is 2.11. The van der Waals surface area contributed by atoms with E-state index in [1.165, 1.54) is 10.9 Å². The van der Waals surface area contributed by atoms with Gasteiger partial charge in [0.15, 0.2) is 0 Å². The van der Waals surface area contributed by atoms with Gasteiger partial charge in [0.25, 0.3) is 0 Å². The van der Waals surface area contributed by atoms with Crippen molar-refractivity contribution >= 4 is 11.0 Å². The number of para-hydroxylation sites is 1. The lowest BCUT2D eigenvalue weighted by atomic mass is 10.1. The molecule has 1 aromatic carbocycles. The largest absolute Gasteiger partial charge is 0.464 e. The molecule has 98 valence electrons. The highest BCUT2D eigenvalue weighted by molar-refractivity contribution is 5.80. The van der Waals surface area contributed by atoms with Crippen molar-refractivity contribution in [3.63, 3.8) is 0 Å². The van der Waals surface area contributed by atoms with Crippen LogP contribution in [0.2, 0.25) is 0 Å². The fraction of sp³-hybridized carbons (Fsp3) is 0.467. The normalized spacial score (nSPS) is 13.3. The van der Waals surface area contributed by atoms with Crippen LogP contribution in [0.3, 0.4) is 0 Å². The zero-order valence-corrected chi connectivity index (χ0v) is 11.2. The van der Waals surface area contributed by atoms with E-state index in [0.29, 0.717) is 5.92 Å². The van der Waals surface area contributed by atoms with Gasteiger partial charge in [-0.2, -0.15) is 0 Å². The van der Waals surface area contributed by atoms with Crippen LogP contribution >= 0.6 is 0 Å². The first kappa shape index (κ1) is 13.1. The minimum atomic E-state index is 0.577. The fourth-order valence-corrected chi connectivity index (χ4v) is 2.32. The second-order valence-corrected chi connectivity index (χ2v) is 4.96. The van der Waals surface area contributed by atoms with Crippen molar-refractivity contribution in [1.82, 2.24) is 4.90 Å². The van der Waals surface area contributed by atoms with Crippen LogP contribution in [0.15, 0.2) is 34.9 Å². The summed E-state index contributed by atoms with van der Waals surface area (Å²) in [5, 5.41) is 1.21. The third-order valence-corrected chi connectivity index (χ3v) is 3.48. The minimum absolute atomic E-state index is 0.577. The zero-order valence-electron chi connectivity index (χ0n) is 11.2. The molecule has 18 heavy (non-hydrogen) atoms. The molecule has 1 aromatic heterocycles. The first-order chi connectivity index (χ1) is 8.74. The molecule has 0 aliphatic heterocycles. The molecular formula is C15H22N2O. The van der Waals surface area contributed by atoms with Crippen molar-refractivity contribution in [3.05, 3.63) is 36.1 Å². The number of hydrogen-bond acceptors (Lipinski definition) is 3. The van der Waals surface area contributed by atoms with Gasteiger partial charge in [0.1, 0.15) is 5.58 Å². The van der Waals surface area contributed by atoms with Crippen molar-refractivity contribution in [3.8, 4) is 0 Å². The molecule has 1 atom stereocenters. The molecule has 0 spiro atoms. The third kappa shape index (κ3) is 2.92. The quantitative estimate of drug-likeness (QED) is 0.852. The summed E-state index contributed by atoms with van der Waals surface area (Å²) in [6, 6.07) is 8.17. The van der Waals surface area contributed by atoms with Crippen LogP contribution in [0.5, 0.6) is 0 Å². The highest BCUT2D eigenvalue weighted by atomic mass is 16.3. The Balaban J connectivity index is 2.04. The summed E-state index contributed by atoms with van der Waals surface area (Å²) in [7, 11) is 2.14. The van der Waals surface area contributed by atoms with Gasteiger partial charge in [-0.3, -0.25) is 0 Å². The molecule has 1 heterocycles. The van der Waals surface area contributed by atoms with Gasteiger partial charge >= 0.3 is 0 Å². The summed E-state index contributed by atoms with van der Waals surface area (Å²) in [4.78, 5) is 2.32. The van der Waals surface area contributed by atoms with Crippen LogP contribution in [-0.4, -0.2) is 25.0 Å². The molecule has 2 aromatic rings. The van der Waals surface area contributed by atoms with E-state index in [1.807, 2.05) is 18.4 Å². The number of furan rings is 1. The summed E-state index contributed by atoms with van der Waals surface area (Å²) >= 11 is 0. The Morgan fingerprint density at radius 2 is 2.11 bits per heavy atom. The molecule has 2 rings (SSSR count). The number of fused-ring (bicyclic) bond motifs is 1. The molecule has 0 aliphatic carbocycles. The Hall–Kier alpha value is -1.32. The molecular weight excluding hydrogens is 224 g/mol. The Morgan fingerprint density at radius 3 is 2.83 bits per heavy atom. The van der Waals surface area contributed by atoms with E-state index in [0.717, 1.165) is 31.6 Å². The molecule has 0 radical (unpaired) electrons. The lowest BCUT2D eigenvalue weighted by molar-refractivity contribution is 0.268. The van der Waals surface area contributed by atoms with Gasteiger partial charge in [0.2, 0.25) is 0 Å². The fourth-order valence-electron chi connectivity index (χ4n) is 2.32. The molecule has 1 unspecified atom stereocenters. The van der Waals surface area contributed by atoms with E-state index in [9.17, 15) is 0 Å². The SMILES string of the molecule is CCC(CN)CN(C)Cc1coc2ccccc12. The van der Waals surface area contributed by atoms with Gasteiger partial charge < -0.3 is 15.1 Å². The molecule has 3 heteroatoms. The Labute approximate surface area is 109 Å². The highest BCUT2D eigenvalue weighted by Crippen LogP contribution is 2.22. The standard InChI is InChI=1S/C15H22N2O/c1-3-12(8-16)9-17(2)10-13-11-18-15-7-5-4-6-14(13)15/h4-7,11-12H,3,8-10,16H2,1-2H3. The zero-order chi connectivity index (χ0) is 13.0. The van der Waals surface area contributed by atoms with Crippen LogP contribution in [0, 0.1) is 5.92 Å². The minimum Gasteiger partial charge on any atom is -0.464 e. The molecule has 0 amide bonds. The number of rotatable bonds is 6. The summed E-state index contributed by atoms with van der Waals surface area (Å²) in [6.07, 6.45) is 3.00.